The topological polar surface area (TPSA) is 75.9 Å². The fourth-order valence-corrected chi connectivity index (χ4v) is 1.48. The highest BCUT2D eigenvalue weighted by atomic mass is 16.4. The molecule has 2 N–H and O–H groups in total. The number of aromatic nitrogens is 3. The lowest BCUT2D eigenvalue weighted by atomic mass is 10.2. The van der Waals surface area contributed by atoms with Gasteiger partial charge in [0.1, 0.15) is 0 Å². The summed E-state index contributed by atoms with van der Waals surface area (Å²) in [5.74, 6) is 0.575. The first kappa shape index (κ1) is 12.5. The average Bonchev–Trinajstić information content (AvgIpc) is 2.86. The molecule has 18 heavy (non-hydrogen) atoms. The molecule has 0 amide bonds. The number of rotatable bonds is 5. The fraction of sp³-hybridized carbons (Fsp3) is 0.417. The quantitative estimate of drug-likeness (QED) is 0.837. The normalized spacial score (nSPS) is 12.4. The first-order chi connectivity index (χ1) is 8.70. The number of hydrogen-bond acceptors (Lipinski definition) is 6. The van der Waals surface area contributed by atoms with Crippen molar-refractivity contribution in [1.29, 1.82) is 0 Å². The van der Waals surface area contributed by atoms with Gasteiger partial charge < -0.3 is 15.1 Å². The average molecular weight is 247 g/mol. The van der Waals surface area contributed by atoms with Gasteiger partial charge in [-0.05, 0) is 38.1 Å². The van der Waals surface area contributed by atoms with E-state index < -0.39 is 0 Å². The Hall–Kier alpha value is -1.95. The molecule has 0 saturated carbocycles. The summed E-state index contributed by atoms with van der Waals surface area (Å²) in [6.45, 7) is 4.63. The molecular formula is C12H17N5O. The maximum Gasteiger partial charge on any atom is 0.315 e. The third kappa shape index (κ3) is 2.84. The smallest absolute Gasteiger partial charge is 0.315 e. The van der Waals surface area contributed by atoms with Gasteiger partial charge in [-0.3, -0.25) is 4.98 Å². The van der Waals surface area contributed by atoms with Gasteiger partial charge in [-0.1, -0.05) is 5.10 Å². The van der Waals surface area contributed by atoms with Gasteiger partial charge in [0, 0.05) is 18.9 Å². The Balaban J connectivity index is 1.98. The minimum Gasteiger partial charge on any atom is -0.406 e. The second kappa shape index (κ2) is 5.59. The monoisotopic (exact) mass is 247 g/mol. The summed E-state index contributed by atoms with van der Waals surface area (Å²) >= 11 is 0. The number of nitrogens with zero attached hydrogens (tertiary/aromatic N) is 3. The number of aryl methyl sites for hydroxylation is 1. The van der Waals surface area contributed by atoms with E-state index in [0.29, 0.717) is 18.5 Å². The first-order valence-corrected chi connectivity index (χ1v) is 5.84. The SMILES string of the molecule is CNC(C)c1nnc(NCc2ccncc2C)o1. The van der Waals surface area contributed by atoms with E-state index in [1.807, 2.05) is 33.2 Å². The highest BCUT2D eigenvalue weighted by Gasteiger charge is 2.11. The van der Waals surface area contributed by atoms with Gasteiger partial charge >= 0.3 is 6.01 Å². The Bertz CT molecular complexity index is 511. The molecule has 1 unspecified atom stereocenters. The van der Waals surface area contributed by atoms with E-state index in [1.54, 1.807) is 6.20 Å². The Morgan fingerprint density at radius 1 is 1.39 bits per heavy atom. The lowest BCUT2D eigenvalue weighted by Crippen LogP contribution is -2.12. The molecule has 0 radical (unpaired) electrons. The second-order valence-electron chi connectivity index (χ2n) is 4.11. The summed E-state index contributed by atoms with van der Waals surface area (Å²) in [5, 5.41) is 14.1. The summed E-state index contributed by atoms with van der Waals surface area (Å²) in [5.41, 5.74) is 2.29. The van der Waals surface area contributed by atoms with Crippen LogP contribution in [0.15, 0.2) is 22.9 Å². The van der Waals surface area contributed by atoms with Crippen LogP contribution in [-0.4, -0.2) is 22.2 Å². The lowest BCUT2D eigenvalue weighted by Gasteiger charge is -2.05. The highest BCUT2D eigenvalue weighted by molar-refractivity contribution is 5.27. The molecule has 2 heterocycles. The van der Waals surface area contributed by atoms with Crippen molar-refractivity contribution in [2.24, 2.45) is 0 Å². The fourth-order valence-electron chi connectivity index (χ4n) is 1.48. The number of anilines is 1. The molecule has 0 fully saturated rings. The zero-order valence-corrected chi connectivity index (χ0v) is 10.8. The summed E-state index contributed by atoms with van der Waals surface area (Å²) in [7, 11) is 1.85. The van der Waals surface area contributed by atoms with E-state index in [1.165, 1.54) is 0 Å². The van der Waals surface area contributed by atoms with E-state index in [9.17, 15) is 0 Å². The zero-order valence-electron chi connectivity index (χ0n) is 10.8. The van der Waals surface area contributed by atoms with Crippen LogP contribution in [0.5, 0.6) is 0 Å². The molecule has 0 spiro atoms. The van der Waals surface area contributed by atoms with Crippen LogP contribution in [0.25, 0.3) is 0 Å². The molecule has 2 rings (SSSR count). The van der Waals surface area contributed by atoms with Gasteiger partial charge in [-0.2, -0.15) is 0 Å². The molecule has 2 aromatic heterocycles. The van der Waals surface area contributed by atoms with Crippen molar-refractivity contribution >= 4 is 6.01 Å². The van der Waals surface area contributed by atoms with Crippen LogP contribution in [0.2, 0.25) is 0 Å². The first-order valence-electron chi connectivity index (χ1n) is 5.84. The van der Waals surface area contributed by atoms with Gasteiger partial charge in [0.2, 0.25) is 5.89 Å². The third-order valence-electron chi connectivity index (χ3n) is 2.81. The van der Waals surface area contributed by atoms with Crippen LogP contribution < -0.4 is 10.6 Å². The van der Waals surface area contributed by atoms with Gasteiger partial charge in [-0.25, -0.2) is 0 Å². The largest absolute Gasteiger partial charge is 0.406 e. The van der Waals surface area contributed by atoms with Crippen LogP contribution in [0.4, 0.5) is 6.01 Å². The molecule has 2 aromatic rings. The Labute approximate surface area is 106 Å². The van der Waals surface area contributed by atoms with Crippen molar-refractivity contribution < 1.29 is 4.42 Å². The van der Waals surface area contributed by atoms with Crippen molar-refractivity contribution in [3.8, 4) is 0 Å². The molecular weight excluding hydrogens is 230 g/mol. The van der Waals surface area contributed by atoms with Gasteiger partial charge in [0.05, 0.1) is 6.04 Å². The molecule has 0 aliphatic heterocycles. The predicted molar refractivity (Wildman–Crippen MR) is 68.1 cm³/mol. The maximum absolute atomic E-state index is 5.49. The number of pyridine rings is 1. The van der Waals surface area contributed by atoms with Gasteiger partial charge in [-0.15, -0.1) is 5.10 Å². The van der Waals surface area contributed by atoms with Crippen LogP contribution in [0, 0.1) is 6.92 Å². The van der Waals surface area contributed by atoms with Crippen LogP contribution in [0.3, 0.4) is 0 Å². The van der Waals surface area contributed by atoms with Crippen molar-refractivity contribution in [3.63, 3.8) is 0 Å². The van der Waals surface area contributed by atoms with Crippen LogP contribution >= 0.6 is 0 Å². The van der Waals surface area contributed by atoms with E-state index in [-0.39, 0.29) is 6.04 Å². The zero-order chi connectivity index (χ0) is 13.0. The van der Waals surface area contributed by atoms with E-state index in [4.69, 9.17) is 4.42 Å². The van der Waals surface area contributed by atoms with Gasteiger partial charge in [0.15, 0.2) is 0 Å². The number of nitrogens with one attached hydrogen (secondary N) is 2. The molecule has 96 valence electrons. The van der Waals surface area contributed by atoms with E-state index >= 15 is 0 Å². The minimum absolute atomic E-state index is 0.0516. The van der Waals surface area contributed by atoms with Crippen LogP contribution in [-0.2, 0) is 6.54 Å². The summed E-state index contributed by atoms with van der Waals surface area (Å²) in [4.78, 5) is 4.05. The predicted octanol–water partition coefficient (Wildman–Crippen LogP) is 1.67. The highest BCUT2D eigenvalue weighted by Crippen LogP contribution is 2.14. The van der Waals surface area contributed by atoms with Crippen molar-refractivity contribution in [2.45, 2.75) is 26.4 Å². The number of hydrogen-bond donors (Lipinski definition) is 2. The molecule has 6 nitrogen and oxygen atoms in total. The summed E-state index contributed by atoms with van der Waals surface area (Å²) < 4.78 is 5.49. The Morgan fingerprint density at radius 2 is 2.22 bits per heavy atom. The van der Waals surface area contributed by atoms with Crippen LogP contribution in [0.1, 0.15) is 30.0 Å². The van der Waals surface area contributed by atoms with Gasteiger partial charge in [0.25, 0.3) is 0 Å². The molecule has 6 heteroatoms. The van der Waals surface area contributed by atoms with Crippen molar-refractivity contribution in [3.05, 3.63) is 35.5 Å². The Morgan fingerprint density at radius 3 is 2.94 bits per heavy atom. The molecule has 0 aliphatic rings. The molecule has 0 aliphatic carbocycles. The second-order valence-corrected chi connectivity index (χ2v) is 4.11. The van der Waals surface area contributed by atoms with E-state index in [0.717, 1.165) is 11.1 Å². The summed E-state index contributed by atoms with van der Waals surface area (Å²) in [6.07, 6.45) is 3.60. The third-order valence-corrected chi connectivity index (χ3v) is 2.81. The molecule has 0 aromatic carbocycles. The minimum atomic E-state index is 0.0516. The van der Waals surface area contributed by atoms with Crippen molar-refractivity contribution in [2.75, 3.05) is 12.4 Å². The Kier molecular flexibility index (Phi) is 3.88. The molecule has 0 saturated heterocycles. The lowest BCUT2D eigenvalue weighted by molar-refractivity contribution is 0.441. The maximum atomic E-state index is 5.49. The molecule has 1 atom stereocenters. The van der Waals surface area contributed by atoms with E-state index in [2.05, 4.69) is 25.8 Å². The molecule has 0 bridgehead atoms. The summed E-state index contributed by atoms with van der Waals surface area (Å²) in [6, 6.07) is 2.45. The van der Waals surface area contributed by atoms with Crippen molar-refractivity contribution in [1.82, 2.24) is 20.5 Å². The standard InChI is InChI=1S/C12H17N5O/c1-8-6-14-5-4-10(8)7-15-12-17-16-11(18-12)9(2)13-3/h4-6,9,13H,7H2,1-3H3,(H,15,17).